The number of benzene rings is 2. The summed E-state index contributed by atoms with van der Waals surface area (Å²) >= 11 is 0. The van der Waals surface area contributed by atoms with Crippen molar-refractivity contribution in [1.29, 1.82) is 0 Å². The molecule has 0 atom stereocenters. The number of halogens is 1. The minimum Gasteiger partial charge on any atom is -0.495 e. The van der Waals surface area contributed by atoms with Crippen molar-refractivity contribution in [2.75, 3.05) is 12.4 Å². The Hall–Kier alpha value is -3.48. The number of carbonyl (C=O) groups is 1. The zero-order valence-electron chi connectivity index (χ0n) is 14.0. The van der Waals surface area contributed by atoms with Gasteiger partial charge in [-0.15, -0.1) is 0 Å². The highest BCUT2D eigenvalue weighted by Crippen LogP contribution is 2.23. The third-order valence-corrected chi connectivity index (χ3v) is 3.72. The summed E-state index contributed by atoms with van der Waals surface area (Å²) in [5.41, 5.74) is 0.502. The molecule has 1 amide bonds. The van der Waals surface area contributed by atoms with Crippen molar-refractivity contribution < 1.29 is 13.9 Å². The molecule has 1 heterocycles. The average Bonchev–Trinajstić information content (AvgIpc) is 2.64. The van der Waals surface area contributed by atoms with E-state index in [0.717, 1.165) is 4.57 Å². The zero-order chi connectivity index (χ0) is 18.5. The van der Waals surface area contributed by atoms with Crippen LogP contribution in [-0.2, 0) is 11.3 Å². The SMILES string of the molecule is COc1ccccc1NC(=O)Cn1cnc(-c2ccccc2F)cc1=O. The fraction of sp³-hybridized carbons (Fsp3) is 0.105. The van der Waals surface area contributed by atoms with Crippen LogP contribution in [0.3, 0.4) is 0 Å². The number of rotatable bonds is 5. The molecule has 0 bridgehead atoms. The number of aromatic nitrogens is 2. The molecular formula is C19H16FN3O3. The first-order chi connectivity index (χ1) is 12.6. The molecule has 0 spiro atoms. The fourth-order valence-electron chi connectivity index (χ4n) is 2.45. The topological polar surface area (TPSA) is 73.2 Å². The number of carbonyl (C=O) groups excluding carboxylic acids is 1. The molecule has 0 aliphatic rings. The molecule has 0 saturated heterocycles. The average molecular weight is 353 g/mol. The van der Waals surface area contributed by atoms with Crippen molar-refractivity contribution in [2.24, 2.45) is 0 Å². The minimum atomic E-state index is -0.467. The van der Waals surface area contributed by atoms with Gasteiger partial charge in [0.05, 0.1) is 24.8 Å². The first-order valence-electron chi connectivity index (χ1n) is 7.83. The predicted octanol–water partition coefficient (Wildman–Crippen LogP) is 2.70. The normalized spacial score (nSPS) is 10.4. The lowest BCUT2D eigenvalue weighted by molar-refractivity contribution is -0.116. The molecule has 7 heteroatoms. The summed E-state index contributed by atoms with van der Waals surface area (Å²) in [5.74, 6) is -0.357. The van der Waals surface area contributed by atoms with Crippen molar-refractivity contribution in [2.45, 2.75) is 6.54 Å². The summed E-state index contributed by atoms with van der Waals surface area (Å²) in [4.78, 5) is 28.5. The lowest BCUT2D eigenvalue weighted by Crippen LogP contribution is -2.27. The number of methoxy groups -OCH3 is 1. The highest BCUT2D eigenvalue weighted by atomic mass is 19.1. The molecule has 0 saturated carbocycles. The molecule has 132 valence electrons. The van der Waals surface area contributed by atoms with Crippen molar-refractivity contribution in [3.63, 3.8) is 0 Å². The van der Waals surface area contributed by atoms with E-state index in [1.165, 1.54) is 31.6 Å². The van der Waals surface area contributed by atoms with E-state index in [4.69, 9.17) is 4.74 Å². The van der Waals surface area contributed by atoms with Crippen LogP contribution in [0.5, 0.6) is 5.75 Å². The lowest BCUT2D eigenvalue weighted by atomic mass is 10.1. The van der Waals surface area contributed by atoms with Gasteiger partial charge in [0, 0.05) is 11.6 Å². The fourth-order valence-corrected chi connectivity index (χ4v) is 2.45. The Morgan fingerprint density at radius 1 is 1.19 bits per heavy atom. The van der Waals surface area contributed by atoms with E-state index >= 15 is 0 Å². The second kappa shape index (κ2) is 7.60. The third-order valence-electron chi connectivity index (χ3n) is 3.72. The second-order valence-corrected chi connectivity index (χ2v) is 5.47. The number of nitrogens with one attached hydrogen (secondary N) is 1. The van der Waals surface area contributed by atoms with Crippen LogP contribution < -0.4 is 15.6 Å². The van der Waals surface area contributed by atoms with Gasteiger partial charge in [-0.05, 0) is 24.3 Å². The number of ether oxygens (including phenoxy) is 1. The van der Waals surface area contributed by atoms with Crippen LogP contribution >= 0.6 is 0 Å². The summed E-state index contributed by atoms with van der Waals surface area (Å²) in [7, 11) is 1.50. The maximum absolute atomic E-state index is 13.8. The summed E-state index contributed by atoms with van der Waals surface area (Å²) in [6.07, 6.45) is 1.23. The molecule has 0 aliphatic heterocycles. The molecule has 1 aromatic heterocycles. The number of nitrogens with zero attached hydrogens (tertiary/aromatic N) is 2. The van der Waals surface area contributed by atoms with Gasteiger partial charge in [0.1, 0.15) is 18.1 Å². The number of anilines is 1. The van der Waals surface area contributed by atoms with Crippen molar-refractivity contribution in [1.82, 2.24) is 9.55 Å². The Morgan fingerprint density at radius 2 is 1.92 bits per heavy atom. The van der Waals surface area contributed by atoms with Gasteiger partial charge in [0.2, 0.25) is 5.91 Å². The Kier molecular flexibility index (Phi) is 5.07. The number of amides is 1. The summed E-state index contributed by atoms with van der Waals surface area (Å²) in [5, 5.41) is 2.68. The summed E-state index contributed by atoms with van der Waals surface area (Å²) in [6.45, 7) is -0.221. The maximum atomic E-state index is 13.8. The molecule has 0 fully saturated rings. The van der Waals surface area contributed by atoms with Gasteiger partial charge in [-0.2, -0.15) is 0 Å². The van der Waals surface area contributed by atoms with Gasteiger partial charge in [-0.25, -0.2) is 9.37 Å². The molecule has 3 rings (SSSR count). The monoisotopic (exact) mass is 353 g/mol. The van der Waals surface area contributed by atoms with Gasteiger partial charge in [-0.3, -0.25) is 14.2 Å². The van der Waals surface area contributed by atoms with E-state index in [0.29, 0.717) is 11.4 Å². The van der Waals surface area contributed by atoms with E-state index in [1.54, 1.807) is 36.4 Å². The smallest absolute Gasteiger partial charge is 0.254 e. The molecule has 6 nitrogen and oxygen atoms in total. The maximum Gasteiger partial charge on any atom is 0.254 e. The molecule has 3 aromatic rings. The van der Waals surface area contributed by atoms with E-state index in [1.807, 2.05) is 0 Å². The molecule has 0 radical (unpaired) electrons. The van der Waals surface area contributed by atoms with E-state index < -0.39 is 17.3 Å². The first kappa shape index (κ1) is 17.3. The molecule has 1 N–H and O–H groups in total. The summed E-state index contributed by atoms with van der Waals surface area (Å²) < 4.78 is 20.1. The van der Waals surface area contributed by atoms with Crippen LogP contribution in [0.2, 0.25) is 0 Å². The Labute approximate surface area is 148 Å². The molecule has 0 aliphatic carbocycles. The highest BCUT2D eigenvalue weighted by Gasteiger charge is 2.11. The van der Waals surface area contributed by atoms with Gasteiger partial charge in [0.25, 0.3) is 5.56 Å². The van der Waals surface area contributed by atoms with Crippen LogP contribution in [-0.4, -0.2) is 22.6 Å². The highest BCUT2D eigenvalue weighted by molar-refractivity contribution is 5.92. The largest absolute Gasteiger partial charge is 0.495 e. The van der Waals surface area contributed by atoms with Gasteiger partial charge in [0.15, 0.2) is 0 Å². The van der Waals surface area contributed by atoms with Crippen molar-refractivity contribution >= 4 is 11.6 Å². The molecule has 0 unspecified atom stereocenters. The minimum absolute atomic E-state index is 0.217. The second-order valence-electron chi connectivity index (χ2n) is 5.47. The quantitative estimate of drug-likeness (QED) is 0.765. The van der Waals surface area contributed by atoms with Gasteiger partial charge >= 0.3 is 0 Å². The first-order valence-corrected chi connectivity index (χ1v) is 7.83. The van der Waals surface area contributed by atoms with E-state index in [9.17, 15) is 14.0 Å². The van der Waals surface area contributed by atoms with Gasteiger partial charge in [-0.1, -0.05) is 24.3 Å². The Bertz CT molecular complexity index is 1000. The third kappa shape index (κ3) is 3.77. The standard InChI is InChI=1S/C19H16FN3O3/c1-26-17-9-5-4-8-15(17)22-18(24)11-23-12-21-16(10-19(23)25)13-6-2-3-7-14(13)20/h2-10,12H,11H2,1H3,(H,22,24). The van der Waals surface area contributed by atoms with E-state index in [-0.39, 0.29) is 17.8 Å². The number of hydrogen-bond donors (Lipinski definition) is 1. The number of hydrogen-bond acceptors (Lipinski definition) is 4. The Morgan fingerprint density at radius 3 is 2.65 bits per heavy atom. The predicted molar refractivity (Wildman–Crippen MR) is 95.5 cm³/mol. The molecular weight excluding hydrogens is 337 g/mol. The van der Waals surface area contributed by atoms with Crippen molar-refractivity contribution in [3.8, 4) is 17.0 Å². The Balaban J connectivity index is 1.77. The molecule has 2 aromatic carbocycles. The van der Waals surface area contributed by atoms with Crippen LogP contribution in [0.15, 0.2) is 65.7 Å². The molecule has 26 heavy (non-hydrogen) atoms. The van der Waals surface area contributed by atoms with Crippen LogP contribution in [0.25, 0.3) is 11.3 Å². The van der Waals surface area contributed by atoms with E-state index in [2.05, 4.69) is 10.3 Å². The zero-order valence-corrected chi connectivity index (χ0v) is 14.0. The van der Waals surface area contributed by atoms with Crippen LogP contribution in [0.4, 0.5) is 10.1 Å². The number of para-hydroxylation sites is 2. The summed E-state index contributed by atoms with van der Waals surface area (Å²) in [6, 6.07) is 14.2. The van der Waals surface area contributed by atoms with Crippen LogP contribution in [0, 0.1) is 5.82 Å². The van der Waals surface area contributed by atoms with Gasteiger partial charge < -0.3 is 10.1 Å². The van der Waals surface area contributed by atoms with Crippen LogP contribution in [0.1, 0.15) is 0 Å². The van der Waals surface area contributed by atoms with Crippen molar-refractivity contribution in [3.05, 3.63) is 77.1 Å². The lowest BCUT2D eigenvalue weighted by Gasteiger charge is -2.11.